The molecule has 2 rings (SSSR count). The van der Waals surface area contributed by atoms with Gasteiger partial charge < -0.3 is 5.73 Å². The summed E-state index contributed by atoms with van der Waals surface area (Å²) in [6.07, 6.45) is 0.595. The standard InChI is InChI=1S/C12H9Br3FNS/c13-8-2-1-7(16)3-6(8)4-10(17)11-5-9(14)12(15)18-11/h1-3,5,10H,4,17H2. The van der Waals surface area contributed by atoms with E-state index in [2.05, 4.69) is 47.8 Å². The molecule has 96 valence electrons. The van der Waals surface area contributed by atoms with E-state index < -0.39 is 0 Å². The van der Waals surface area contributed by atoms with Crippen LogP contribution in [0.3, 0.4) is 0 Å². The minimum absolute atomic E-state index is 0.143. The van der Waals surface area contributed by atoms with Crippen LogP contribution in [0.5, 0.6) is 0 Å². The van der Waals surface area contributed by atoms with Gasteiger partial charge in [-0.05, 0) is 68.1 Å². The Bertz CT molecular complexity index is 551. The van der Waals surface area contributed by atoms with E-state index in [0.29, 0.717) is 6.42 Å². The highest BCUT2D eigenvalue weighted by Gasteiger charge is 2.14. The number of hydrogen-bond acceptors (Lipinski definition) is 2. The Morgan fingerprint density at radius 2 is 1.89 bits per heavy atom. The first kappa shape index (κ1) is 14.7. The average Bonchev–Trinajstić information content (AvgIpc) is 2.64. The van der Waals surface area contributed by atoms with Crippen molar-refractivity contribution in [3.63, 3.8) is 0 Å². The van der Waals surface area contributed by atoms with Gasteiger partial charge in [-0.15, -0.1) is 11.3 Å². The molecule has 0 amide bonds. The second kappa shape index (κ2) is 6.13. The first-order valence-corrected chi connectivity index (χ1v) is 8.31. The third kappa shape index (κ3) is 3.42. The predicted octanol–water partition coefficient (Wildman–Crippen LogP) is 5.42. The molecule has 2 N–H and O–H groups in total. The molecule has 1 aromatic heterocycles. The van der Waals surface area contributed by atoms with Crippen molar-refractivity contribution in [1.82, 2.24) is 0 Å². The highest BCUT2D eigenvalue weighted by molar-refractivity contribution is 9.13. The van der Waals surface area contributed by atoms with E-state index in [-0.39, 0.29) is 11.9 Å². The number of thiophene rings is 1. The van der Waals surface area contributed by atoms with E-state index in [9.17, 15) is 4.39 Å². The Morgan fingerprint density at radius 1 is 1.17 bits per heavy atom. The third-order valence-electron chi connectivity index (χ3n) is 2.48. The summed E-state index contributed by atoms with van der Waals surface area (Å²) in [5.41, 5.74) is 7.03. The van der Waals surface area contributed by atoms with Crippen molar-refractivity contribution in [3.05, 3.63) is 53.3 Å². The molecule has 1 unspecified atom stereocenters. The summed E-state index contributed by atoms with van der Waals surface area (Å²) in [5.74, 6) is -0.242. The first-order chi connectivity index (χ1) is 8.47. The first-order valence-electron chi connectivity index (χ1n) is 5.11. The fourth-order valence-electron chi connectivity index (χ4n) is 1.58. The Morgan fingerprint density at radius 3 is 2.50 bits per heavy atom. The van der Waals surface area contributed by atoms with Gasteiger partial charge in [0.15, 0.2) is 0 Å². The van der Waals surface area contributed by atoms with Crippen LogP contribution in [0.1, 0.15) is 16.5 Å². The largest absolute Gasteiger partial charge is 0.323 e. The van der Waals surface area contributed by atoms with Crippen LogP contribution in [0, 0.1) is 5.82 Å². The van der Waals surface area contributed by atoms with Crippen LogP contribution in [-0.2, 0) is 6.42 Å². The molecule has 0 spiro atoms. The lowest BCUT2D eigenvalue weighted by atomic mass is 10.1. The van der Waals surface area contributed by atoms with Crippen LogP contribution in [0.4, 0.5) is 4.39 Å². The zero-order valence-corrected chi connectivity index (χ0v) is 14.7. The van der Waals surface area contributed by atoms with Crippen molar-refractivity contribution in [2.75, 3.05) is 0 Å². The van der Waals surface area contributed by atoms with Crippen molar-refractivity contribution in [2.45, 2.75) is 12.5 Å². The normalized spacial score (nSPS) is 12.7. The maximum Gasteiger partial charge on any atom is 0.123 e. The number of hydrogen-bond donors (Lipinski definition) is 1. The summed E-state index contributed by atoms with van der Waals surface area (Å²) < 4.78 is 16.1. The van der Waals surface area contributed by atoms with Crippen LogP contribution < -0.4 is 5.73 Å². The molecule has 2 aromatic rings. The highest BCUT2D eigenvalue weighted by atomic mass is 79.9. The van der Waals surface area contributed by atoms with Crippen LogP contribution in [0.2, 0.25) is 0 Å². The summed E-state index contributed by atoms with van der Waals surface area (Å²) in [5, 5.41) is 0. The van der Waals surface area contributed by atoms with Gasteiger partial charge in [0.1, 0.15) is 5.82 Å². The fraction of sp³-hybridized carbons (Fsp3) is 0.167. The number of benzene rings is 1. The minimum atomic E-state index is -0.242. The van der Waals surface area contributed by atoms with Gasteiger partial charge in [0, 0.05) is 19.9 Å². The van der Waals surface area contributed by atoms with E-state index >= 15 is 0 Å². The third-order valence-corrected chi connectivity index (χ3v) is 6.64. The quantitative estimate of drug-likeness (QED) is 0.654. The summed E-state index contributed by atoms with van der Waals surface area (Å²) >= 11 is 11.9. The molecule has 1 atom stereocenters. The molecule has 1 nitrogen and oxygen atoms in total. The smallest absolute Gasteiger partial charge is 0.123 e. The van der Waals surface area contributed by atoms with Crippen LogP contribution >= 0.6 is 59.1 Å². The molecular formula is C12H9Br3FNS. The molecule has 18 heavy (non-hydrogen) atoms. The monoisotopic (exact) mass is 455 g/mol. The second-order valence-corrected chi connectivity index (χ2v) is 7.93. The van der Waals surface area contributed by atoms with Crippen LogP contribution in [0.15, 0.2) is 37.0 Å². The SMILES string of the molecule is NC(Cc1cc(F)ccc1Br)c1cc(Br)c(Br)s1. The lowest BCUT2D eigenvalue weighted by Crippen LogP contribution is -2.12. The van der Waals surface area contributed by atoms with Crippen LogP contribution in [0.25, 0.3) is 0 Å². The molecule has 0 bridgehead atoms. The maximum absolute atomic E-state index is 13.2. The van der Waals surface area contributed by atoms with Crippen LogP contribution in [-0.4, -0.2) is 0 Å². The second-order valence-electron chi connectivity index (χ2n) is 3.82. The number of nitrogens with two attached hydrogens (primary N) is 1. The van der Waals surface area contributed by atoms with Crippen molar-refractivity contribution in [3.8, 4) is 0 Å². The van der Waals surface area contributed by atoms with Crippen molar-refractivity contribution in [2.24, 2.45) is 5.73 Å². The molecule has 1 aromatic carbocycles. The molecule has 0 aliphatic carbocycles. The van der Waals surface area contributed by atoms with Gasteiger partial charge >= 0.3 is 0 Å². The van der Waals surface area contributed by atoms with E-state index in [1.54, 1.807) is 17.4 Å². The Labute approximate surface area is 134 Å². The maximum atomic E-state index is 13.2. The molecule has 1 heterocycles. The molecule has 6 heteroatoms. The zero-order valence-electron chi connectivity index (χ0n) is 9.09. The molecule has 0 aliphatic heterocycles. The van der Waals surface area contributed by atoms with E-state index in [4.69, 9.17) is 5.73 Å². The average molecular weight is 458 g/mol. The number of rotatable bonds is 3. The van der Waals surface area contributed by atoms with Gasteiger partial charge in [0.2, 0.25) is 0 Å². The topological polar surface area (TPSA) is 26.0 Å². The lowest BCUT2D eigenvalue weighted by molar-refractivity contribution is 0.622. The van der Waals surface area contributed by atoms with Crippen molar-refractivity contribution in [1.29, 1.82) is 0 Å². The summed E-state index contributed by atoms with van der Waals surface area (Å²) in [6, 6.07) is 6.50. The van der Waals surface area contributed by atoms with Gasteiger partial charge in [-0.2, -0.15) is 0 Å². The zero-order chi connectivity index (χ0) is 13.3. The van der Waals surface area contributed by atoms with Crippen molar-refractivity contribution < 1.29 is 4.39 Å². The van der Waals surface area contributed by atoms with E-state index in [1.165, 1.54) is 12.1 Å². The van der Waals surface area contributed by atoms with Gasteiger partial charge in [0.25, 0.3) is 0 Å². The van der Waals surface area contributed by atoms with Gasteiger partial charge in [-0.25, -0.2) is 4.39 Å². The molecule has 0 fully saturated rings. The molecule has 0 saturated carbocycles. The Hall–Kier alpha value is 0.250. The van der Waals surface area contributed by atoms with Crippen molar-refractivity contribution >= 4 is 59.1 Å². The van der Waals surface area contributed by atoms with E-state index in [0.717, 1.165) is 23.2 Å². The summed E-state index contributed by atoms with van der Waals surface area (Å²) in [4.78, 5) is 1.06. The summed E-state index contributed by atoms with van der Waals surface area (Å²) in [6.45, 7) is 0. The Kier molecular flexibility index (Phi) is 4.99. The predicted molar refractivity (Wildman–Crippen MR) is 84.5 cm³/mol. The molecular weight excluding hydrogens is 449 g/mol. The minimum Gasteiger partial charge on any atom is -0.323 e. The molecule has 0 aliphatic rings. The lowest BCUT2D eigenvalue weighted by Gasteiger charge is -2.11. The fourth-order valence-corrected chi connectivity index (χ4v) is 4.08. The summed E-state index contributed by atoms with van der Waals surface area (Å²) in [7, 11) is 0. The highest BCUT2D eigenvalue weighted by Crippen LogP contribution is 2.36. The number of halogens is 4. The van der Waals surface area contributed by atoms with Gasteiger partial charge in [-0.1, -0.05) is 15.9 Å². The van der Waals surface area contributed by atoms with E-state index in [1.807, 2.05) is 6.07 Å². The van der Waals surface area contributed by atoms with Gasteiger partial charge in [-0.3, -0.25) is 0 Å². The molecule has 0 radical (unpaired) electrons. The van der Waals surface area contributed by atoms with Gasteiger partial charge in [0.05, 0.1) is 3.79 Å². The Balaban J connectivity index is 2.20. The molecule has 0 saturated heterocycles.